The summed E-state index contributed by atoms with van der Waals surface area (Å²) in [5.41, 5.74) is 9.87. The molecular weight excluding hydrogens is 172 g/mol. The molecule has 0 saturated carbocycles. The number of hydrogen-bond acceptors (Lipinski definition) is 2. The van der Waals surface area contributed by atoms with Crippen molar-refractivity contribution in [2.75, 3.05) is 18.0 Å². The second kappa shape index (κ2) is 3.46. The fraction of sp³-hybridized carbons (Fsp3) is 0.333. The Labute approximate surface area is 85.0 Å². The van der Waals surface area contributed by atoms with Crippen LogP contribution in [0.5, 0.6) is 0 Å². The van der Waals surface area contributed by atoms with Crippen LogP contribution < -0.4 is 10.6 Å². The number of benzene rings is 1. The quantitative estimate of drug-likeness (QED) is 0.719. The van der Waals surface area contributed by atoms with E-state index in [1.54, 1.807) is 0 Å². The third kappa shape index (κ3) is 1.42. The van der Waals surface area contributed by atoms with Crippen LogP contribution in [0.4, 0.5) is 5.69 Å². The average molecular weight is 188 g/mol. The van der Waals surface area contributed by atoms with Gasteiger partial charge in [-0.15, -0.1) is 6.58 Å². The number of hydrogen-bond donors (Lipinski definition) is 1. The summed E-state index contributed by atoms with van der Waals surface area (Å²) < 4.78 is 0. The largest absolute Gasteiger partial charge is 0.366 e. The average Bonchev–Trinajstić information content (AvgIpc) is 2.44. The Morgan fingerprint density at radius 2 is 2.43 bits per heavy atom. The Bertz CT molecular complexity index is 357. The minimum absolute atomic E-state index is 0.157. The third-order valence-corrected chi connectivity index (χ3v) is 2.69. The number of rotatable bonds is 2. The molecule has 0 fully saturated rings. The van der Waals surface area contributed by atoms with Crippen LogP contribution in [0, 0.1) is 6.92 Å². The second-order valence-electron chi connectivity index (χ2n) is 3.86. The zero-order valence-electron chi connectivity index (χ0n) is 8.53. The summed E-state index contributed by atoms with van der Waals surface area (Å²) in [4.78, 5) is 2.27. The molecule has 2 rings (SSSR count). The fourth-order valence-corrected chi connectivity index (χ4v) is 2.02. The van der Waals surface area contributed by atoms with E-state index in [9.17, 15) is 0 Å². The number of aryl methyl sites for hydroxylation is 1. The molecule has 2 heteroatoms. The van der Waals surface area contributed by atoms with Gasteiger partial charge in [0.1, 0.15) is 0 Å². The molecule has 1 atom stereocenters. The molecule has 0 bridgehead atoms. The maximum absolute atomic E-state index is 6.06. The zero-order valence-corrected chi connectivity index (χ0v) is 8.53. The third-order valence-electron chi connectivity index (χ3n) is 2.69. The van der Waals surface area contributed by atoms with E-state index in [0.29, 0.717) is 0 Å². The first-order chi connectivity index (χ1) is 6.72. The summed E-state index contributed by atoms with van der Waals surface area (Å²) in [6.07, 6.45) is 1.92. The lowest BCUT2D eigenvalue weighted by atomic mass is 10.1. The standard InChI is InChI=1S/C12H16N2/c1-3-6-14-8-11(13)10-7-9(2)4-5-12(10)14/h3-5,7,11H,1,6,8,13H2,2H3/t11-/m0/s1. The molecule has 14 heavy (non-hydrogen) atoms. The monoisotopic (exact) mass is 188 g/mol. The lowest BCUT2D eigenvalue weighted by Gasteiger charge is -2.16. The number of anilines is 1. The number of nitrogens with two attached hydrogens (primary N) is 1. The molecule has 0 saturated heterocycles. The molecule has 1 heterocycles. The van der Waals surface area contributed by atoms with Crippen molar-refractivity contribution in [1.82, 2.24) is 0 Å². The highest BCUT2D eigenvalue weighted by atomic mass is 15.2. The molecule has 0 unspecified atom stereocenters. The van der Waals surface area contributed by atoms with E-state index < -0.39 is 0 Å². The van der Waals surface area contributed by atoms with E-state index in [-0.39, 0.29) is 6.04 Å². The Hall–Kier alpha value is -1.28. The van der Waals surface area contributed by atoms with Crippen LogP contribution in [-0.4, -0.2) is 13.1 Å². The van der Waals surface area contributed by atoms with Crippen LogP contribution in [0.2, 0.25) is 0 Å². The van der Waals surface area contributed by atoms with Crippen LogP contribution in [0.15, 0.2) is 30.9 Å². The maximum Gasteiger partial charge on any atom is 0.0494 e. The SMILES string of the molecule is C=CCN1C[C@H](N)c2cc(C)ccc21. The van der Waals surface area contributed by atoms with Crippen molar-refractivity contribution in [2.24, 2.45) is 5.73 Å². The van der Waals surface area contributed by atoms with Crippen molar-refractivity contribution < 1.29 is 0 Å². The highest BCUT2D eigenvalue weighted by Gasteiger charge is 2.24. The predicted octanol–water partition coefficient (Wildman–Crippen LogP) is 2.00. The molecule has 0 amide bonds. The van der Waals surface area contributed by atoms with Gasteiger partial charge in [-0.2, -0.15) is 0 Å². The fourth-order valence-electron chi connectivity index (χ4n) is 2.02. The summed E-state index contributed by atoms with van der Waals surface area (Å²) >= 11 is 0. The lowest BCUT2D eigenvalue weighted by Crippen LogP contribution is -2.24. The van der Waals surface area contributed by atoms with Crippen LogP contribution in [0.25, 0.3) is 0 Å². The Morgan fingerprint density at radius 3 is 3.14 bits per heavy atom. The summed E-state index contributed by atoms with van der Waals surface area (Å²) in [7, 11) is 0. The van der Waals surface area contributed by atoms with Crippen molar-refractivity contribution in [3.8, 4) is 0 Å². The zero-order chi connectivity index (χ0) is 10.1. The molecule has 1 aliphatic rings. The number of fused-ring (bicyclic) bond motifs is 1. The van der Waals surface area contributed by atoms with Gasteiger partial charge in [0, 0.05) is 24.8 Å². The van der Waals surface area contributed by atoms with Crippen LogP contribution in [-0.2, 0) is 0 Å². The maximum atomic E-state index is 6.06. The van der Waals surface area contributed by atoms with Crippen molar-refractivity contribution >= 4 is 5.69 Å². The molecule has 2 N–H and O–H groups in total. The van der Waals surface area contributed by atoms with Gasteiger partial charge >= 0.3 is 0 Å². The molecule has 0 spiro atoms. The normalized spacial score (nSPS) is 19.6. The first-order valence-corrected chi connectivity index (χ1v) is 4.94. The van der Waals surface area contributed by atoms with E-state index in [0.717, 1.165) is 13.1 Å². The lowest BCUT2D eigenvalue weighted by molar-refractivity contribution is 0.745. The molecule has 0 radical (unpaired) electrons. The van der Waals surface area contributed by atoms with E-state index in [1.807, 2.05) is 6.08 Å². The summed E-state index contributed by atoms with van der Waals surface area (Å²) in [6, 6.07) is 6.63. The topological polar surface area (TPSA) is 29.3 Å². The highest BCUT2D eigenvalue weighted by Crippen LogP contribution is 2.33. The van der Waals surface area contributed by atoms with Gasteiger partial charge in [-0.05, 0) is 18.6 Å². The van der Waals surface area contributed by atoms with Gasteiger partial charge < -0.3 is 10.6 Å². The van der Waals surface area contributed by atoms with Crippen molar-refractivity contribution in [3.05, 3.63) is 42.0 Å². The first kappa shape index (κ1) is 9.28. The van der Waals surface area contributed by atoms with Crippen LogP contribution >= 0.6 is 0 Å². The smallest absolute Gasteiger partial charge is 0.0494 e. The van der Waals surface area contributed by atoms with Crippen molar-refractivity contribution in [1.29, 1.82) is 0 Å². The van der Waals surface area contributed by atoms with Gasteiger partial charge in [0.2, 0.25) is 0 Å². The van der Waals surface area contributed by atoms with E-state index in [2.05, 4.69) is 36.6 Å². The first-order valence-electron chi connectivity index (χ1n) is 4.94. The van der Waals surface area contributed by atoms with Gasteiger partial charge in [0.25, 0.3) is 0 Å². The van der Waals surface area contributed by atoms with Gasteiger partial charge in [0.15, 0.2) is 0 Å². The summed E-state index contributed by atoms with van der Waals surface area (Å²) in [5.74, 6) is 0. The molecule has 74 valence electrons. The van der Waals surface area contributed by atoms with Crippen molar-refractivity contribution in [2.45, 2.75) is 13.0 Å². The minimum Gasteiger partial charge on any atom is -0.366 e. The van der Waals surface area contributed by atoms with Crippen LogP contribution in [0.3, 0.4) is 0 Å². The van der Waals surface area contributed by atoms with E-state index in [1.165, 1.54) is 16.8 Å². The van der Waals surface area contributed by atoms with Gasteiger partial charge in [0.05, 0.1) is 0 Å². The Morgan fingerprint density at radius 1 is 1.64 bits per heavy atom. The van der Waals surface area contributed by atoms with Crippen molar-refractivity contribution in [3.63, 3.8) is 0 Å². The van der Waals surface area contributed by atoms with Gasteiger partial charge in [-0.1, -0.05) is 23.8 Å². The van der Waals surface area contributed by atoms with E-state index >= 15 is 0 Å². The Kier molecular flexibility index (Phi) is 2.30. The highest BCUT2D eigenvalue weighted by molar-refractivity contribution is 5.61. The molecule has 0 aliphatic carbocycles. The number of nitrogens with zero attached hydrogens (tertiary/aromatic N) is 1. The molecule has 0 aromatic heterocycles. The molecule has 1 aliphatic heterocycles. The summed E-state index contributed by atoms with van der Waals surface area (Å²) in [5, 5.41) is 0. The summed E-state index contributed by atoms with van der Waals surface area (Å²) in [6.45, 7) is 7.64. The minimum atomic E-state index is 0.157. The molecular formula is C12H16N2. The second-order valence-corrected chi connectivity index (χ2v) is 3.86. The van der Waals surface area contributed by atoms with Gasteiger partial charge in [-0.3, -0.25) is 0 Å². The molecule has 1 aromatic rings. The van der Waals surface area contributed by atoms with E-state index in [4.69, 9.17) is 5.73 Å². The predicted molar refractivity (Wildman–Crippen MR) is 60.5 cm³/mol. The Balaban J connectivity index is 2.39. The van der Waals surface area contributed by atoms with Gasteiger partial charge in [-0.25, -0.2) is 0 Å². The van der Waals surface area contributed by atoms with Crippen LogP contribution in [0.1, 0.15) is 17.2 Å². The molecule has 2 nitrogen and oxygen atoms in total. The molecule has 1 aromatic carbocycles.